The Kier molecular flexibility index (Phi) is 7.53. The number of aliphatic carboxylic acids is 1. The summed E-state index contributed by atoms with van der Waals surface area (Å²) in [6.45, 7) is 0.747. The van der Waals surface area contributed by atoms with Gasteiger partial charge >= 0.3 is 5.97 Å². The number of rotatable bonds is 9. The van der Waals surface area contributed by atoms with Gasteiger partial charge in [0.15, 0.2) is 0 Å². The third kappa shape index (κ3) is 6.07. The van der Waals surface area contributed by atoms with E-state index in [0.717, 1.165) is 30.8 Å². The number of hydrogen-bond acceptors (Lipinski definition) is 3. The second-order valence-electron chi connectivity index (χ2n) is 4.09. The number of carboxylic acids is 1. The third-order valence-electron chi connectivity index (χ3n) is 2.60. The standard InChI is InChI=1S/C14H20O3S/c1-17-9-5-6-10-18-13(14(15)16)11-12-7-3-2-4-8-12/h2-4,7-8,13H,5-6,9-11H2,1H3,(H,15,16). The highest BCUT2D eigenvalue weighted by Crippen LogP contribution is 2.18. The van der Waals surface area contributed by atoms with E-state index < -0.39 is 5.97 Å². The molecule has 0 aliphatic carbocycles. The SMILES string of the molecule is COCCCCSC(Cc1ccccc1)C(=O)O. The molecule has 0 saturated carbocycles. The van der Waals surface area contributed by atoms with Crippen LogP contribution in [0.25, 0.3) is 0 Å². The van der Waals surface area contributed by atoms with E-state index in [1.165, 1.54) is 11.8 Å². The Morgan fingerprint density at radius 2 is 2.06 bits per heavy atom. The highest BCUT2D eigenvalue weighted by molar-refractivity contribution is 8.00. The first-order chi connectivity index (χ1) is 8.74. The second kappa shape index (κ2) is 9.00. The molecule has 1 aromatic carbocycles. The molecule has 1 atom stereocenters. The summed E-state index contributed by atoms with van der Waals surface area (Å²) in [6, 6.07) is 9.77. The average molecular weight is 268 g/mol. The Bertz CT molecular complexity index is 340. The van der Waals surface area contributed by atoms with Gasteiger partial charge < -0.3 is 9.84 Å². The lowest BCUT2D eigenvalue weighted by Gasteiger charge is -2.12. The number of methoxy groups -OCH3 is 1. The molecule has 0 bridgehead atoms. The van der Waals surface area contributed by atoms with E-state index in [9.17, 15) is 9.90 Å². The summed E-state index contributed by atoms with van der Waals surface area (Å²) in [7, 11) is 1.68. The quantitative estimate of drug-likeness (QED) is 0.700. The van der Waals surface area contributed by atoms with Gasteiger partial charge in [0.25, 0.3) is 0 Å². The number of unbranched alkanes of at least 4 members (excludes halogenated alkanes) is 1. The van der Waals surface area contributed by atoms with E-state index in [2.05, 4.69) is 0 Å². The minimum Gasteiger partial charge on any atom is -0.480 e. The lowest BCUT2D eigenvalue weighted by atomic mass is 10.1. The molecular weight excluding hydrogens is 248 g/mol. The molecule has 0 aliphatic heterocycles. The van der Waals surface area contributed by atoms with Gasteiger partial charge in [-0.05, 0) is 30.6 Å². The van der Waals surface area contributed by atoms with Crippen LogP contribution in [0.1, 0.15) is 18.4 Å². The predicted molar refractivity (Wildman–Crippen MR) is 75.1 cm³/mol. The zero-order chi connectivity index (χ0) is 13.2. The Labute approximate surface area is 113 Å². The van der Waals surface area contributed by atoms with Crippen LogP contribution in [0.15, 0.2) is 30.3 Å². The zero-order valence-electron chi connectivity index (χ0n) is 10.7. The molecule has 0 aliphatic rings. The van der Waals surface area contributed by atoms with Crippen LogP contribution in [0.5, 0.6) is 0 Å². The molecule has 0 heterocycles. The Hall–Kier alpha value is -1.00. The third-order valence-corrected chi connectivity index (χ3v) is 3.90. The van der Waals surface area contributed by atoms with Crippen LogP contribution in [0.4, 0.5) is 0 Å². The minimum atomic E-state index is -0.726. The zero-order valence-corrected chi connectivity index (χ0v) is 11.5. The minimum absolute atomic E-state index is 0.352. The smallest absolute Gasteiger partial charge is 0.316 e. The summed E-state index contributed by atoms with van der Waals surface area (Å²) in [5, 5.41) is 8.84. The molecule has 18 heavy (non-hydrogen) atoms. The van der Waals surface area contributed by atoms with Crippen LogP contribution in [0.3, 0.4) is 0 Å². The molecule has 1 unspecified atom stereocenters. The lowest BCUT2D eigenvalue weighted by Crippen LogP contribution is -2.19. The molecule has 0 fully saturated rings. The van der Waals surface area contributed by atoms with Crippen LogP contribution in [-0.2, 0) is 16.0 Å². The summed E-state index contributed by atoms with van der Waals surface area (Å²) in [5.41, 5.74) is 1.08. The van der Waals surface area contributed by atoms with Gasteiger partial charge in [-0.2, -0.15) is 0 Å². The molecule has 0 saturated heterocycles. The second-order valence-corrected chi connectivity index (χ2v) is 5.40. The first-order valence-corrected chi connectivity index (χ1v) is 7.16. The number of ether oxygens (including phenoxy) is 1. The van der Waals surface area contributed by atoms with E-state index in [4.69, 9.17) is 4.74 Å². The van der Waals surface area contributed by atoms with E-state index in [1.54, 1.807) is 7.11 Å². The average Bonchev–Trinajstić information content (AvgIpc) is 2.38. The Balaban J connectivity index is 2.34. The summed E-state index contributed by atoms with van der Waals surface area (Å²) in [5.74, 6) is 0.142. The van der Waals surface area contributed by atoms with Gasteiger partial charge in [-0.3, -0.25) is 4.79 Å². The van der Waals surface area contributed by atoms with Crippen molar-refractivity contribution in [3.63, 3.8) is 0 Å². The van der Waals surface area contributed by atoms with Crippen molar-refractivity contribution in [3.8, 4) is 0 Å². The Morgan fingerprint density at radius 3 is 2.67 bits per heavy atom. The largest absolute Gasteiger partial charge is 0.480 e. The highest BCUT2D eigenvalue weighted by Gasteiger charge is 2.17. The van der Waals surface area contributed by atoms with E-state index in [0.29, 0.717) is 6.42 Å². The summed E-state index contributed by atoms with van der Waals surface area (Å²) in [6.07, 6.45) is 2.57. The van der Waals surface area contributed by atoms with Gasteiger partial charge in [0.2, 0.25) is 0 Å². The van der Waals surface area contributed by atoms with Gasteiger partial charge in [0.1, 0.15) is 5.25 Å². The summed E-state index contributed by atoms with van der Waals surface area (Å²) in [4.78, 5) is 11.2. The Morgan fingerprint density at radius 1 is 1.33 bits per heavy atom. The van der Waals surface area contributed by atoms with Crippen LogP contribution in [0.2, 0.25) is 0 Å². The molecule has 100 valence electrons. The van der Waals surface area contributed by atoms with Crippen LogP contribution >= 0.6 is 11.8 Å². The fraction of sp³-hybridized carbons (Fsp3) is 0.500. The van der Waals surface area contributed by atoms with Crippen LogP contribution in [-0.4, -0.2) is 35.8 Å². The van der Waals surface area contributed by atoms with E-state index in [1.807, 2.05) is 30.3 Å². The maximum atomic E-state index is 11.2. The first-order valence-electron chi connectivity index (χ1n) is 6.11. The van der Waals surface area contributed by atoms with Gasteiger partial charge in [0, 0.05) is 13.7 Å². The highest BCUT2D eigenvalue weighted by atomic mass is 32.2. The maximum absolute atomic E-state index is 11.2. The molecule has 1 rings (SSSR count). The van der Waals surface area contributed by atoms with E-state index in [-0.39, 0.29) is 5.25 Å². The van der Waals surface area contributed by atoms with Crippen molar-refractivity contribution in [1.29, 1.82) is 0 Å². The first kappa shape index (κ1) is 15.1. The number of benzene rings is 1. The van der Waals surface area contributed by atoms with Crippen molar-refractivity contribution >= 4 is 17.7 Å². The monoisotopic (exact) mass is 268 g/mol. The summed E-state index contributed by atoms with van der Waals surface area (Å²) >= 11 is 1.52. The van der Waals surface area contributed by atoms with Gasteiger partial charge in [-0.1, -0.05) is 30.3 Å². The van der Waals surface area contributed by atoms with Crippen LogP contribution < -0.4 is 0 Å². The molecule has 0 amide bonds. The van der Waals surface area contributed by atoms with Crippen molar-refractivity contribution < 1.29 is 14.6 Å². The van der Waals surface area contributed by atoms with Gasteiger partial charge in [-0.15, -0.1) is 11.8 Å². The van der Waals surface area contributed by atoms with Crippen LogP contribution in [0, 0.1) is 0 Å². The molecule has 0 aromatic heterocycles. The lowest BCUT2D eigenvalue weighted by molar-refractivity contribution is -0.136. The van der Waals surface area contributed by atoms with E-state index >= 15 is 0 Å². The summed E-state index contributed by atoms with van der Waals surface area (Å²) < 4.78 is 4.97. The molecule has 1 aromatic rings. The molecule has 0 spiro atoms. The number of carbonyl (C=O) groups is 1. The van der Waals surface area contributed by atoms with Gasteiger partial charge in [-0.25, -0.2) is 0 Å². The molecule has 3 nitrogen and oxygen atoms in total. The van der Waals surface area contributed by atoms with Gasteiger partial charge in [0.05, 0.1) is 0 Å². The van der Waals surface area contributed by atoms with Crippen molar-refractivity contribution in [2.45, 2.75) is 24.5 Å². The normalized spacial score (nSPS) is 12.3. The fourth-order valence-electron chi connectivity index (χ4n) is 1.62. The molecular formula is C14H20O3S. The number of thioether (sulfide) groups is 1. The maximum Gasteiger partial charge on any atom is 0.316 e. The predicted octanol–water partition coefficient (Wildman–Crippen LogP) is 2.84. The number of hydrogen-bond donors (Lipinski definition) is 1. The molecule has 0 radical (unpaired) electrons. The van der Waals surface area contributed by atoms with Crippen molar-refractivity contribution in [2.24, 2.45) is 0 Å². The number of carboxylic acid groups (broad SMARTS) is 1. The molecule has 1 N–H and O–H groups in total. The topological polar surface area (TPSA) is 46.5 Å². The molecule has 4 heteroatoms. The van der Waals surface area contributed by atoms with Crippen molar-refractivity contribution in [1.82, 2.24) is 0 Å². The fourth-order valence-corrected chi connectivity index (χ4v) is 2.73. The van der Waals surface area contributed by atoms with Crippen molar-refractivity contribution in [3.05, 3.63) is 35.9 Å². The van der Waals surface area contributed by atoms with Crippen molar-refractivity contribution in [2.75, 3.05) is 19.5 Å².